The summed E-state index contributed by atoms with van der Waals surface area (Å²) in [6.45, 7) is 0. The minimum absolute atomic E-state index is 0.750. The molecule has 0 atom stereocenters. The Morgan fingerprint density at radius 1 is 0.400 bits per heavy atom. The first-order valence-corrected chi connectivity index (χ1v) is 2.27. The van der Waals surface area contributed by atoms with Crippen molar-refractivity contribution in [1.82, 2.24) is 0 Å². The summed E-state index contributed by atoms with van der Waals surface area (Å²) in [5, 5.41) is 27.0. The smallest absolute Gasteiger partial charge is 0.222 e. The van der Waals surface area contributed by atoms with Crippen molar-refractivity contribution in [3.05, 3.63) is 0 Å². The third-order valence-electron chi connectivity index (χ3n) is 0. The van der Waals surface area contributed by atoms with Crippen molar-refractivity contribution in [2.24, 2.45) is 0 Å². The molecular weight excluding hydrogens is 210 g/mol. The summed E-state index contributed by atoms with van der Waals surface area (Å²) in [4.78, 5) is 41.7. The Morgan fingerprint density at radius 2 is 0.400 bits per heavy atom. The maximum absolute atomic E-state index is 8.35. The molecule has 0 saturated carbocycles. The van der Waals surface area contributed by atoms with Crippen LogP contribution in [0.4, 0.5) is 0 Å². The van der Waals surface area contributed by atoms with Crippen LogP contribution in [0.25, 0.3) is 0 Å². The monoisotopic (exact) mass is 215 g/mol. The zero-order valence-electron chi connectivity index (χ0n) is 7.04. The molecule has 0 rings (SSSR count). The lowest BCUT2D eigenvalue weighted by Gasteiger charge is -1.02. The topological polar surface area (TPSA) is 205 Å². The Hall–Kier alpha value is -3.10. The zero-order valence-corrected chi connectivity index (χ0v) is 7.04. The predicted octanol–water partition coefficient (Wildman–Crippen LogP) is -0.495. The van der Waals surface area contributed by atoms with Gasteiger partial charge in [-0.05, 0) is 0 Å². The summed E-state index contributed by atoms with van der Waals surface area (Å²) in [6, 6.07) is 0. The van der Waals surface area contributed by atoms with Gasteiger partial charge in [0.05, 0.1) is 0 Å². The van der Waals surface area contributed by atoms with Crippen LogP contribution in [0.3, 0.4) is 0 Å². The van der Waals surface area contributed by atoms with Gasteiger partial charge in [0.25, 0.3) is 0 Å². The maximum atomic E-state index is 8.35. The molecule has 0 radical (unpaired) electrons. The summed E-state index contributed by atoms with van der Waals surface area (Å²) in [5.41, 5.74) is 0. The lowest BCUT2D eigenvalue weighted by atomic mass is 11.7. The third-order valence-corrected chi connectivity index (χ3v) is 0. The average Bonchev–Trinajstić information content (AvgIpc) is 2.09. The van der Waals surface area contributed by atoms with Crippen LogP contribution in [0.2, 0.25) is 0 Å². The van der Waals surface area contributed by atoms with Crippen LogP contribution in [-0.2, 0) is 24.0 Å². The molecule has 0 aliphatic heterocycles. The van der Waals surface area contributed by atoms with Gasteiger partial charge in [-0.2, -0.15) is 0 Å². The lowest BCUT2D eigenvalue weighted by Crippen LogP contribution is -1.16. The van der Waals surface area contributed by atoms with E-state index < -0.39 is 0 Å². The highest BCUT2D eigenvalue weighted by Gasteiger charge is 1.04. The fourth-order valence-electron chi connectivity index (χ4n) is 0. The first-order chi connectivity index (χ1) is 7.07. The van der Waals surface area contributed by atoms with Gasteiger partial charge in [-0.1, -0.05) is 0 Å². The van der Waals surface area contributed by atoms with Gasteiger partial charge in [-0.15, -0.1) is 0 Å². The summed E-state index contributed by atoms with van der Waals surface area (Å²) in [5.74, 6) is 0. The van der Waals surface area contributed by atoms with Crippen LogP contribution in [0.15, 0.2) is 0 Å². The van der Waals surface area contributed by atoms with E-state index in [2.05, 4.69) is 0 Å². The molecule has 0 aliphatic carbocycles. The van der Waals surface area contributed by atoms with Gasteiger partial charge in [0, 0.05) is 0 Å². The maximum Gasteiger partial charge on any atom is 0.231 e. The molecule has 0 aromatic carbocycles. The highest BCUT2D eigenvalue weighted by Crippen LogP contribution is 0.880. The van der Waals surface area contributed by atoms with E-state index in [0.717, 1.165) is 30.4 Å². The van der Waals surface area contributed by atoms with Crippen LogP contribution in [0.5, 0.6) is 0 Å². The van der Waals surface area contributed by atoms with E-state index >= 15 is 0 Å². The van der Waals surface area contributed by atoms with E-state index in [0.29, 0.717) is 0 Å². The second-order valence-corrected chi connectivity index (χ2v) is 0.510. The Bertz CT molecular complexity index is 199. The molecule has 0 fully saturated rings. The average molecular weight is 215 g/mol. The molecule has 15 heavy (non-hydrogen) atoms. The molecule has 0 bridgehead atoms. The van der Waals surface area contributed by atoms with Crippen molar-refractivity contribution < 1.29 is 24.0 Å². The number of nitrogens with one attached hydrogen (secondary N) is 5. The van der Waals surface area contributed by atoms with Gasteiger partial charge in [0.1, 0.15) is 0 Å². The normalized spacial score (nSPS) is 2.67. The molecule has 0 heterocycles. The second-order valence-electron chi connectivity index (χ2n) is 0.510. The summed E-state index contributed by atoms with van der Waals surface area (Å²) in [7, 11) is 0. The fraction of sp³-hybridized carbons (Fsp3) is 0. The molecule has 10 heteroatoms. The van der Waals surface area contributed by atoms with Gasteiger partial charge in [-0.3, -0.25) is 0 Å². The van der Waals surface area contributed by atoms with E-state index in [4.69, 9.17) is 51.0 Å². The van der Waals surface area contributed by atoms with Crippen LogP contribution < -0.4 is 0 Å². The molecule has 0 unspecified atom stereocenters. The number of carbonyl (C=O) groups excluding carboxylic acids is 5. The molecule has 80 valence electrons. The molecule has 0 saturated heterocycles. The number of rotatable bonds is 0. The SMILES string of the molecule is N=C=O.N=C=O.N=C=O.N=C=O.N=C=O. The Balaban J connectivity index is -0.0000000278. The minimum atomic E-state index is 0.750. The Labute approximate surface area is 82.5 Å². The van der Waals surface area contributed by atoms with Crippen molar-refractivity contribution in [1.29, 1.82) is 27.0 Å². The highest BCUT2D eigenvalue weighted by molar-refractivity contribution is 5.27. The third kappa shape index (κ3) is 89.8. The molecule has 0 aliphatic rings. The number of isocyanates is 5. The number of hydrogen-bond acceptors (Lipinski definition) is 10. The highest BCUT2D eigenvalue weighted by atomic mass is 16.1. The van der Waals surface area contributed by atoms with E-state index in [1.807, 2.05) is 0 Å². The molecule has 10 nitrogen and oxygen atoms in total. The van der Waals surface area contributed by atoms with Gasteiger partial charge in [0.15, 0.2) is 0 Å². The lowest BCUT2D eigenvalue weighted by molar-refractivity contribution is 0.562. The summed E-state index contributed by atoms with van der Waals surface area (Å²) < 4.78 is 0. The first-order valence-electron chi connectivity index (χ1n) is 2.27. The van der Waals surface area contributed by atoms with Crippen molar-refractivity contribution in [3.63, 3.8) is 0 Å². The van der Waals surface area contributed by atoms with Gasteiger partial charge >= 0.3 is 0 Å². The molecule has 0 spiro atoms. The standard InChI is InChI=1S/5CHNO/c5*2-1-3/h5*2H. The van der Waals surface area contributed by atoms with E-state index in [1.165, 1.54) is 0 Å². The minimum Gasteiger partial charge on any atom is -0.222 e. The van der Waals surface area contributed by atoms with Crippen LogP contribution in [0, 0.1) is 27.0 Å². The van der Waals surface area contributed by atoms with Crippen molar-refractivity contribution >= 4 is 30.4 Å². The van der Waals surface area contributed by atoms with Gasteiger partial charge < -0.3 is 0 Å². The van der Waals surface area contributed by atoms with Crippen LogP contribution in [-0.4, -0.2) is 30.4 Å². The fourth-order valence-corrected chi connectivity index (χ4v) is 0. The van der Waals surface area contributed by atoms with Gasteiger partial charge in [-0.25, -0.2) is 51.0 Å². The number of hydrogen-bond donors (Lipinski definition) is 5. The van der Waals surface area contributed by atoms with E-state index in [1.54, 1.807) is 0 Å². The molecular formula is C5H5N5O5. The van der Waals surface area contributed by atoms with E-state index in [-0.39, 0.29) is 0 Å². The molecule has 0 amide bonds. The second kappa shape index (κ2) is 296. The predicted molar refractivity (Wildman–Crippen MR) is 42.1 cm³/mol. The molecule has 5 N–H and O–H groups in total. The van der Waals surface area contributed by atoms with Crippen molar-refractivity contribution in [3.8, 4) is 0 Å². The van der Waals surface area contributed by atoms with Crippen LogP contribution >= 0.6 is 0 Å². The molecule has 0 aromatic heterocycles. The zero-order chi connectivity index (χ0) is 13.5. The Kier molecular flexibility index (Phi) is 586. The quantitative estimate of drug-likeness (QED) is 0.267. The van der Waals surface area contributed by atoms with E-state index in [9.17, 15) is 0 Å². The first kappa shape index (κ1) is 29.7. The molecule has 0 aromatic rings. The summed E-state index contributed by atoms with van der Waals surface area (Å²) >= 11 is 0. The van der Waals surface area contributed by atoms with Crippen molar-refractivity contribution in [2.45, 2.75) is 0 Å². The van der Waals surface area contributed by atoms with Crippen LogP contribution in [0.1, 0.15) is 0 Å². The van der Waals surface area contributed by atoms with Gasteiger partial charge in [0.2, 0.25) is 30.4 Å². The largest absolute Gasteiger partial charge is 0.231 e. The van der Waals surface area contributed by atoms with Crippen molar-refractivity contribution in [2.75, 3.05) is 0 Å². The summed E-state index contributed by atoms with van der Waals surface area (Å²) in [6.07, 6.45) is 3.75. The Morgan fingerprint density at radius 3 is 0.400 bits per heavy atom.